The van der Waals surface area contributed by atoms with Crippen molar-refractivity contribution >= 4 is 46.9 Å². The van der Waals surface area contributed by atoms with Gasteiger partial charge < -0.3 is 20.5 Å². The third kappa shape index (κ3) is 6.29. The second-order valence-corrected chi connectivity index (χ2v) is 9.72. The molecule has 2 aliphatic heterocycles. The molecule has 2 fully saturated rings. The molecular weight excluding hydrogens is 511 g/mol. The average molecular weight is 543 g/mol. The van der Waals surface area contributed by atoms with E-state index in [1.165, 1.54) is 22.2 Å². The van der Waals surface area contributed by atoms with Crippen LogP contribution in [0.25, 0.3) is 0 Å². The summed E-state index contributed by atoms with van der Waals surface area (Å²) >= 11 is 12.1. The first-order valence-electron chi connectivity index (χ1n) is 12.1. The lowest BCUT2D eigenvalue weighted by Gasteiger charge is -2.43. The van der Waals surface area contributed by atoms with Gasteiger partial charge in [-0.2, -0.15) is 0 Å². The molecular formula is C24H32Cl2N4O6. The number of likely N-dealkylation sites (N-methyl/N-ethyl adjacent to an activating group) is 1. The monoisotopic (exact) mass is 542 g/mol. The Balaban J connectivity index is 1.70. The number of amides is 3. The Morgan fingerprint density at radius 2 is 1.92 bits per heavy atom. The quantitative estimate of drug-likeness (QED) is 0.406. The normalized spacial score (nSPS) is 21.9. The summed E-state index contributed by atoms with van der Waals surface area (Å²) in [5, 5.41) is 19.4. The lowest BCUT2D eigenvalue weighted by atomic mass is 10.0. The minimum Gasteiger partial charge on any atom is -0.459 e. The second-order valence-electron chi connectivity index (χ2n) is 8.90. The van der Waals surface area contributed by atoms with Crippen LogP contribution in [0.5, 0.6) is 0 Å². The first kappa shape index (κ1) is 28.2. The molecule has 1 aromatic carbocycles. The third-order valence-electron chi connectivity index (χ3n) is 6.46. The number of benzene rings is 1. The lowest BCUT2D eigenvalue weighted by molar-refractivity contribution is -0.176. The van der Waals surface area contributed by atoms with Crippen molar-refractivity contribution < 1.29 is 29.0 Å². The van der Waals surface area contributed by atoms with Crippen LogP contribution in [-0.2, 0) is 19.1 Å². The highest BCUT2D eigenvalue weighted by atomic mass is 35.5. The molecule has 36 heavy (non-hydrogen) atoms. The molecule has 0 bridgehead atoms. The maximum absolute atomic E-state index is 13.3. The summed E-state index contributed by atoms with van der Waals surface area (Å²) in [7, 11) is 1.65. The zero-order chi connectivity index (χ0) is 26.4. The van der Waals surface area contributed by atoms with E-state index in [1.54, 1.807) is 13.1 Å². The van der Waals surface area contributed by atoms with Gasteiger partial charge in [0.2, 0.25) is 11.8 Å². The number of hydrazine groups is 1. The Kier molecular flexibility index (Phi) is 9.95. The first-order valence-corrected chi connectivity index (χ1v) is 12.8. The molecule has 0 spiro atoms. The number of ether oxygens (including phenoxy) is 1. The molecule has 2 heterocycles. The number of rotatable bonds is 9. The summed E-state index contributed by atoms with van der Waals surface area (Å²) in [5.74, 6) is -1.80. The van der Waals surface area contributed by atoms with Gasteiger partial charge in [0.1, 0.15) is 18.8 Å². The van der Waals surface area contributed by atoms with E-state index >= 15 is 0 Å². The van der Waals surface area contributed by atoms with Crippen molar-refractivity contribution in [2.24, 2.45) is 0 Å². The van der Waals surface area contributed by atoms with Crippen molar-refractivity contribution in [3.8, 4) is 0 Å². The van der Waals surface area contributed by atoms with Gasteiger partial charge in [-0.25, -0.2) is 9.80 Å². The summed E-state index contributed by atoms with van der Waals surface area (Å²) in [6, 6.07) is 2.39. The molecule has 0 aliphatic carbocycles. The topological polar surface area (TPSA) is 128 Å². The van der Waals surface area contributed by atoms with Gasteiger partial charge in [0.25, 0.3) is 5.91 Å². The number of carbonyl (C=O) groups excluding carboxylic acids is 4. The van der Waals surface area contributed by atoms with Crippen molar-refractivity contribution in [3.63, 3.8) is 0 Å². The predicted octanol–water partition coefficient (Wildman–Crippen LogP) is 1.91. The van der Waals surface area contributed by atoms with Crippen molar-refractivity contribution in [2.75, 3.05) is 20.2 Å². The molecule has 2 saturated heterocycles. The van der Waals surface area contributed by atoms with Gasteiger partial charge in [0, 0.05) is 13.0 Å². The van der Waals surface area contributed by atoms with E-state index in [2.05, 4.69) is 10.6 Å². The molecule has 1 aromatic rings. The van der Waals surface area contributed by atoms with E-state index < -0.39 is 42.7 Å². The number of halogens is 2. The minimum absolute atomic E-state index is 0.00478. The molecule has 10 nitrogen and oxygen atoms in total. The van der Waals surface area contributed by atoms with Gasteiger partial charge in [-0.1, -0.05) is 42.6 Å². The fraction of sp³-hybridized carbons (Fsp3) is 0.583. The fourth-order valence-electron chi connectivity index (χ4n) is 4.53. The highest BCUT2D eigenvalue weighted by Gasteiger charge is 2.44. The molecule has 3 rings (SSSR count). The Bertz CT molecular complexity index is 973. The number of hydrogen-bond acceptors (Lipinski definition) is 7. The molecule has 1 unspecified atom stereocenters. The van der Waals surface area contributed by atoms with Crippen LogP contribution < -0.4 is 10.6 Å². The van der Waals surface area contributed by atoms with Crippen molar-refractivity contribution in [2.45, 2.75) is 69.7 Å². The molecule has 4 atom stereocenters. The minimum atomic E-state index is -1.22. The SMILES string of the molecule is CCC[C@H](NC(=O)[C@@H]1CCCN2C(=O)CC[C@H](NC)C(=O)N12)C(O)COC(=O)c1c(Cl)cccc1Cl. The number of nitrogens with one attached hydrogen (secondary N) is 2. The van der Waals surface area contributed by atoms with Crippen LogP contribution in [0.4, 0.5) is 0 Å². The van der Waals surface area contributed by atoms with Gasteiger partial charge >= 0.3 is 5.97 Å². The van der Waals surface area contributed by atoms with Crippen LogP contribution in [-0.4, -0.2) is 83.2 Å². The zero-order valence-corrected chi connectivity index (χ0v) is 21.8. The van der Waals surface area contributed by atoms with E-state index in [0.29, 0.717) is 38.6 Å². The summed E-state index contributed by atoms with van der Waals surface area (Å²) in [6.07, 6.45) is 1.33. The van der Waals surface area contributed by atoms with Gasteiger partial charge in [-0.15, -0.1) is 0 Å². The van der Waals surface area contributed by atoms with Gasteiger partial charge in [0.05, 0.1) is 27.7 Å². The fourth-order valence-corrected chi connectivity index (χ4v) is 5.08. The number of nitrogens with zero attached hydrogens (tertiary/aromatic N) is 2. The molecule has 2 aliphatic rings. The number of carbonyl (C=O) groups is 4. The number of aliphatic hydroxyl groups excluding tert-OH is 1. The summed E-state index contributed by atoms with van der Waals surface area (Å²) in [4.78, 5) is 51.6. The van der Waals surface area contributed by atoms with Crippen LogP contribution in [0.3, 0.4) is 0 Å². The van der Waals surface area contributed by atoms with Crippen LogP contribution >= 0.6 is 23.2 Å². The molecule has 198 valence electrons. The second kappa shape index (κ2) is 12.7. The zero-order valence-electron chi connectivity index (χ0n) is 20.3. The summed E-state index contributed by atoms with van der Waals surface area (Å²) < 4.78 is 5.23. The van der Waals surface area contributed by atoms with Crippen molar-refractivity contribution in [3.05, 3.63) is 33.8 Å². The van der Waals surface area contributed by atoms with Crippen molar-refractivity contribution in [1.29, 1.82) is 0 Å². The van der Waals surface area contributed by atoms with Gasteiger partial charge in [-0.05, 0) is 44.9 Å². The third-order valence-corrected chi connectivity index (χ3v) is 7.09. The Morgan fingerprint density at radius 1 is 1.22 bits per heavy atom. The standard InChI is InChI=1S/C24H32Cl2N4O6/c1-3-6-16(19(31)13-36-24(35)21-14(25)7-4-8-15(21)26)28-22(33)18-9-5-12-29-20(32)11-10-17(27-2)23(34)30(18)29/h4,7-8,16-19,27,31H,3,5-6,9-13H2,1-2H3,(H,28,33)/t16-,17-,18-,19?/m0/s1. The van der Waals surface area contributed by atoms with Crippen LogP contribution in [0.2, 0.25) is 10.0 Å². The molecule has 12 heteroatoms. The van der Waals surface area contributed by atoms with E-state index in [9.17, 15) is 24.3 Å². The highest BCUT2D eigenvalue weighted by molar-refractivity contribution is 6.39. The van der Waals surface area contributed by atoms with Crippen LogP contribution in [0, 0.1) is 0 Å². The predicted molar refractivity (Wildman–Crippen MR) is 133 cm³/mol. The van der Waals surface area contributed by atoms with Crippen molar-refractivity contribution in [1.82, 2.24) is 20.7 Å². The van der Waals surface area contributed by atoms with E-state index in [1.807, 2.05) is 6.92 Å². The lowest BCUT2D eigenvalue weighted by Crippen LogP contribution is -2.64. The first-order chi connectivity index (χ1) is 17.2. The molecule has 0 radical (unpaired) electrons. The summed E-state index contributed by atoms with van der Waals surface area (Å²) in [5.41, 5.74) is -0.00478. The van der Waals surface area contributed by atoms with Gasteiger partial charge in [-0.3, -0.25) is 19.4 Å². The largest absolute Gasteiger partial charge is 0.459 e. The number of esters is 1. The van der Waals surface area contributed by atoms with Crippen LogP contribution in [0.15, 0.2) is 18.2 Å². The van der Waals surface area contributed by atoms with E-state index in [4.69, 9.17) is 27.9 Å². The van der Waals surface area contributed by atoms with E-state index in [-0.39, 0.29) is 33.8 Å². The maximum atomic E-state index is 13.3. The van der Waals surface area contributed by atoms with Crippen LogP contribution in [0.1, 0.15) is 55.8 Å². The molecule has 0 saturated carbocycles. The molecule has 3 amide bonds. The molecule has 3 N–H and O–H groups in total. The Hall–Kier alpha value is -2.40. The number of fused-ring (bicyclic) bond motifs is 1. The van der Waals surface area contributed by atoms with E-state index in [0.717, 1.165) is 0 Å². The Morgan fingerprint density at radius 3 is 2.56 bits per heavy atom. The number of aliphatic hydroxyl groups is 1. The number of hydrogen-bond donors (Lipinski definition) is 3. The highest BCUT2D eigenvalue weighted by Crippen LogP contribution is 2.26. The maximum Gasteiger partial charge on any atom is 0.341 e. The summed E-state index contributed by atoms with van der Waals surface area (Å²) in [6.45, 7) is 1.86. The van der Waals surface area contributed by atoms with Gasteiger partial charge in [0.15, 0.2) is 0 Å². The smallest absolute Gasteiger partial charge is 0.341 e. The average Bonchev–Trinajstić information content (AvgIpc) is 2.98. The molecule has 0 aromatic heterocycles. The Labute approximate surface area is 220 Å².